The minimum atomic E-state index is -0.818. The average molecular weight is 344 g/mol. The fourth-order valence-corrected chi connectivity index (χ4v) is 8.62. The number of esters is 1. The van der Waals surface area contributed by atoms with Crippen LogP contribution in [0.2, 0.25) is 0 Å². The molecule has 0 aromatic carbocycles. The first-order valence-corrected chi connectivity index (χ1v) is 9.63. The van der Waals surface area contributed by atoms with Crippen LogP contribution in [0.15, 0.2) is 12.2 Å². The minimum absolute atomic E-state index is 0.161. The van der Waals surface area contributed by atoms with Crippen LogP contribution in [0.1, 0.15) is 45.4 Å². The Kier molecular flexibility index (Phi) is 2.35. The van der Waals surface area contributed by atoms with E-state index in [1.807, 2.05) is 6.92 Å². The summed E-state index contributed by atoms with van der Waals surface area (Å²) >= 11 is 0. The predicted molar refractivity (Wildman–Crippen MR) is 86.2 cm³/mol. The van der Waals surface area contributed by atoms with Crippen molar-refractivity contribution in [1.82, 2.24) is 0 Å². The Labute approximate surface area is 146 Å². The van der Waals surface area contributed by atoms with Crippen LogP contribution in [0.5, 0.6) is 0 Å². The van der Waals surface area contributed by atoms with Crippen molar-refractivity contribution < 1.29 is 24.2 Å². The van der Waals surface area contributed by atoms with Crippen LogP contribution in [0.25, 0.3) is 0 Å². The third-order valence-electron chi connectivity index (χ3n) is 9.24. The molecule has 5 heteroatoms. The fourth-order valence-electron chi connectivity index (χ4n) is 8.62. The smallest absolute Gasteiger partial charge is 0.317 e. The van der Waals surface area contributed by atoms with Gasteiger partial charge in [0.25, 0.3) is 0 Å². The van der Waals surface area contributed by atoms with Crippen molar-refractivity contribution in [1.29, 1.82) is 0 Å². The first kappa shape index (κ1) is 14.8. The zero-order valence-corrected chi connectivity index (χ0v) is 14.5. The first-order valence-electron chi connectivity index (χ1n) is 9.63. The van der Waals surface area contributed by atoms with Crippen molar-refractivity contribution in [3.05, 3.63) is 12.2 Å². The SMILES string of the molecule is C=C1C[C@]23C[C@H]1CC[C@H]2[C@@]12CC[C@H]4OC1OC(=O)[C@@]4(C)[C@H]2[C@@H]3C(=O)O. The molecule has 1 N–H and O–H groups in total. The van der Waals surface area contributed by atoms with E-state index < -0.39 is 23.6 Å². The molecule has 9 atom stereocenters. The van der Waals surface area contributed by atoms with Crippen LogP contribution in [0, 0.1) is 39.9 Å². The molecule has 2 spiro atoms. The first-order chi connectivity index (χ1) is 11.9. The lowest BCUT2D eigenvalue weighted by molar-refractivity contribution is -0.375. The van der Waals surface area contributed by atoms with E-state index in [9.17, 15) is 14.7 Å². The van der Waals surface area contributed by atoms with Gasteiger partial charge in [-0.2, -0.15) is 0 Å². The van der Waals surface area contributed by atoms with Crippen LogP contribution in [0.4, 0.5) is 0 Å². The topological polar surface area (TPSA) is 72.8 Å². The summed E-state index contributed by atoms with van der Waals surface area (Å²) in [5.41, 5.74) is -0.159. The molecule has 6 bridgehead atoms. The van der Waals surface area contributed by atoms with E-state index in [-0.39, 0.29) is 34.7 Å². The van der Waals surface area contributed by atoms with E-state index in [1.165, 1.54) is 5.57 Å². The van der Waals surface area contributed by atoms with Crippen molar-refractivity contribution in [2.45, 2.75) is 57.8 Å². The van der Waals surface area contributed by atoms with Gasteiger partial charge in [0, 0.05) is 11.3 Å². The van der Waals surface area contributed by atoms with Crippen molar-refractivity contribution >= 4 is 11.9 Å². The summed E-state index contributed by atoms with van der Waals surface area (Å²) in [4.78, 5) is 25.4. The van der Waals surface area contributed by atoms with Crippen LogP contribution in [-0.4, -0.2) is 29.4 Å². The predicted octanol–water partition coefficient (Wildman–Crippen LogP) is 2.75. The molecule has 4 aliphatic heterocycles. The van der Waals surface area contributed by atoms with Crippen molar-refractivity contribution in [2.75, 3.05) is 0 Å². The van der Waals surface area contributed by atoms with E-state index in [2.05, 4.69) is 6.58 Å². The maximum absolute atomic E-state index is 12.8. The molecule has 4 aliphatic carbocycles. The number of fused-ring (bicyclic) bond motifs is 3. The van der Waals surface area contributed by atoms with E-state index in [1.54, 1.807) is 0 Å². The summed E-state index contributed by atoms with van der Waals surface area (Å²) < 4.78 is 12.0. The van der Waals surface area contributed by atoms with Crippen LogP contribution >= 0.6 is 0 Å². The Morgan fingerprint density at radius 3 is 2.88 bits per heavy atom. The van der Waals surface area contributed by atoms with Gasteiger partial charge in [-0.25, -0.2) is 0 Å². The Morgan fingerprint density at radius 2 is 2.12 bits per heavy atom. The second-order valence-electron chi connectivity index (χ2n) is 9.69. The van der Waals surface area contributed by atoms with Crippen molar-refractivity contribution in [2.24, 2.45) is 39.9 Å². The standard InChI is InChI=1S/C20H24O5/c1-9-7-19-8-10(9)3-4-11(19)20-6-5-12-18(2,14(20)13(19)15(21)22)16(23)25-17(20)24-12/h10-14,17H,1,3-8H2,2H3,(H,21,22)/t10-,11-,12-,13-,14-,17?,18-,19+,20-/m1/s1. The lowest BCUT2D eigenvalue weighted by Gasteiger charge is -2.66. The van der Waals surface area contributed by atoms with Gasteiger partial charge in [0.2, 0.25) is 6.29 Å². The van der Waals surface area contributed by atoms with Gasteiger partial charge in [-0.15, -0.1) is 0 Å². The highest BCUT2D eigenvalue weighted by molar-refractivity contribution is 5.83. The second kappa shape index (κ2) is 3.98. The van der Waals surface area contributed by atoms with E-state index in [4.69, 9.17) is 9.47 Å². The monoisotopic (exact) mass is 344 g/mol. The minimum Gasteiger partial charge on any atom is -0.481 e. The zero-order chi connectivity index (χ0) is 17.4. The van der Waals surface area contributed by atoms with Gasteiger partial charge in [0.15, 0.2) is 0 Å². The molecule has 4 heterocycles. The number of carboxylic acids is 1. The van der Waals surface area contributed by atoms with Gasteiger partial charge in [0.05, 0.1) is 17.4 Å². The fraction of sp³-hybridized carbons (Fsp3) is 0.800. The average Bonchev–Trinajstić information content (AvgIpc) is 2.97. The molecule has 0 aromatic rings. The number of carbonyl (C=O) groups is 2. The summed E-state index contributed by atoms with van der Waals surface area (Å²) in [6.45, 7) is 6.20. The molecular formula is C20H24O5. The third kappa shape index (κ3) is 1.26. The number of rotatable bonds is 1. The third-order valence-corrected chi connectivity index (χ3v) is 9.24. The second-order valence-corrected chi connectivity index (χ2v) is 9.69. The number of aliphatic carboxylic acids is 1. The summed E-state index contributed by atoms with van der Waals surface area (Å²) in [5.74, 6) is -0.883. The lowest BCUT2D eigenvalue weighted by Crippen LogP contribution is -2.73. The lowest BCUT2D eigenvalue weighted by atomic mass is 9.48. The van der Waals surface area contributed by atoms with Gasteiger partial charge in [-0.1, -0.05) is 12.2 Å². The van der Waals surface area contributed by atoms with Crippen molar-refractivity contribution in [3.63, 3.8) is 0 Å². The molecule has 8 rings (SSSR count). The normalized spacial score (nSPS) is 60.4. The zero-order valence-electron chi connectivity index (χ0n) is 14.5. The summed E-state index contributed by atoms with van der Waals surface area (Å²) in [7, 11) is 0. The largest absolute Gasteiger partial charge is 0.481 e. The van der Waals surface area contributed by atoms with Crippen molar-refractivity contribution in [3.8, 4) is 0 Å². The van der Waals surface area contributed by atoms with E-state index in [0.717, 1.165) is 38.5 Å². The molecule has 1 unspecified atom stereocenters. The molecule has 0 radical (unpaired) electrons. The number of carboxylic acid groups (broad SMARTS) is 1. The Bertz CT molecular complexity index is 744. The van der Waals surface area contributed by atoms with Crippen LogP contribution < -0.4 is 0 Å². The Hall–Kier alpha value is -1.36. The maximum Gasteiger partial charge on any atom is 0.317 e. The summed E-state index contributed by atoms with van der Waals surface area (Å²) in [6, 6.07) is 0. The maximum atomic E-state index is 12.8. The molecule has 5 nitrogen and oxygen atoms in total. The van der Waals surface area contributed by atoms with Gasteiger partial charge in [-0.05, 0) is 62.7 Å². The molecule has 4 saturated heterocycles. The highest BCUT2D eigenvalue weighted by Crippen LogP contribution is 2.82. The Morgan fingerprint density at radius 1 is 1.32 bits per heavy atom. The number of allylic oxidation sites excluding steroid dienone is 1. The molecule has 8 fully saturated rings. The van der Waals surface area contributed by atoms with Crippen LogP contribution in [0.3, 0.4) is 0 Å². The van der Waals surface area contributed by atoms with Crippen LogP contribution in [-0.2, 0) is 19.1 Å². The van der Waals surface area contributed by atoms with Gasteiger partial charge in [0.1, 0.15) is 0 Å². The van der Waals surface area contributed by atoms with Gasteiger partial charge in [-0.3, -0.25) is 9.59 Å². The number of ether oxygens (including phenoxy) is 2. The number of carbonyl (C=O) groups excluding carboxylic acids is 1. The molecule has 0 aromatic heterocycles. The molecule has 4 saturated carbocycles. The number of hydrogen-bond donors (Lipinski definition) is 1. The van der Waals surface area contributed by atoms with Gasteiger partial charge >= 0.3 is 11.9 Å². The molecule has 8 aliphatic rings. The van der Waals surface area contributed by atoms with E-state index in [0.29, 0.717) is 5.92 Å². The highest BCUT2D eigenvalue weighted by Gasteiger charge is 2.85. The van der Waals surface area contributed by atoms with Gasteiger partial charge < -0.3 is 14.6 Å². The quantitative estimate of drug-likeness (QED) is 0.585. The highest BCUT2D eigenvalue weighted by atomic mass is 16.7. The molecule has 0 amide bonds. The molecule has 25 heavy (non-hydrogen) atoms. The summed E-state index contributed by atoms with van der Waals surface area (Å²) in [5, 5.41) is 10.3. The number of hydrogen-bond acceptors (Lipinski definition) is 4. The molecular weight excluding hydrogens is 320 g/mol. The molecule has 134 valence electrons. The Balaban J connectivity index is 1.64. The summed E-state index contributed by atoms with van der Waals surface area (Å²) in [6.07, 6.45) is 4.89. The van der Waals surface area contributed by atoms with E-state index >= 15 is 0 Å².